The number of hydrogen-bond donors (Lipinski definition) is 2. The van der Waals surface area contributed by atoms with E-state index < -0.39 is 16.7 Å². The molecule has 0 heterocycles. The van der Waals surface area contributed by atoms with E-state index in [1.165, 1.54) is 24.3 Å². The summed E-state index contributed by atoms with van der Waals surface area (Å²) in [7, 11) is 0. The molecule has 26 heavy (non-hydrogen) atoms. The van der Waals surface area contributed by atoms with Gasteiger partial charge in [-0.15, -0.1) is 0 Å². The third-order valence-corrected chi connectivity index (χ3v) is 3.89. The summed E-state index contributed by atoms with van der Waals surface area (Å²) in [4.78, 5) is 34.6. The minimum atomic E-state index is -0.747. The standard InChI is InChI=1S/C19H15N3O4/c23-18(12-14-8-5-7-13-6-1-2-9-15(13)14)20-21-19(24)16-10-3-4-11-17(16)22(25)26/h1-11H,12H2,(H,20,23)(H,21,24). The maximum Gasteiger partial charge on any atom is 0.282 e. The predicted octanol–water partition coefficient (Wildman–Crippen LogP) is 2.75. The molecule has 0 saturated heterocycles. The molecule has 3 rings (SSSR count). The second-order valence-corrected chi connectivity index (χ2v) is 5.59. The van der Waals surface area contributed by atoms with E-state index >= 15 is 0 Å². The molecule has 0 aliphatic carbocycles. The van der Waals surface area contributed by atoms with Crippen molar-refractivity contribution in [1.29, 1.82) is 0 Å². The van der Waals surface area contributed by atoms with Gasteiger partial charge in [0.15, 0.2) is 0 Å². The Labute approximate surface area is 148 Å². The summed E-state index contributed by atoms with van der Waals surface area (Å²) in [6, 6.07) is 18.9. The first kappa shape index (κ1) is 17.1. The number of hydrogen-bond acceptors (Lipinski definition) is 4. The van der Waals surface area contributed by atoms with E-state index in [1.54, 1.807) is 0 Å². The maximum atomic E-state index is 12.2. The van der Waals surface area contributed by atoms with Crippen molar-refractivity contribution < 1.29 is 14.5 Å². The summed E-state index contributed by atoms with van der Waals surface area (Å²) < 4.78 is 0. The summed E-state index contributed by atoms with van der Waals surface area (Å²) >= 11 is 0. The maximum absolute atomic E-state index is 12.2. The van der Waals surface area contributed by atoms with Crippen LogP contribution in [0.5, 0.6) is 0 Å². The molecule has 3 aromatic carbocycles. The Balaban J connectivity index is 1.68. The van der Waals surface area contributed by atoms with Crippen LogP contribution in [0, 0.1) is 10.1 Å². The number of rotatable bonds is 4. The lowest BCUT2D eigenvalue weighted by Gasteiger charge is -2.09. The number of nitro benzene ring substituents is 1. The van der Waals surface area contributed by atoms with Crippen molar-refractivity contribution >= 4 is 28.3 Å². The van der Waals surface area contributed by atoms with Gasteiger partial charge in [0.25, 0.3) is 11.6 Å². The number of hydrazine groups is 1. The molecule has 0 spiro atoms. The number of carbonyl (C=O) groups is 2. The van der Waals surface area contributed by atoms with Gasteiger partial charge in [-0.3, -0.25) is 30.6 Å². The van der Waals surface area contributed by atoms with Crippen LogP contribution in [0.3, 0.4) is 0 Å². The smallest absolute Gasteiger partial charge is 0.273 e. The van der Waals surface area contributed by atoms with Crippen molar-refractivity contribution in [3.63, 3.8) is 0 Å². The van der Waals surface area contributed by atoms with Crippen LogP contribution in [-0.4, -0.2) is 16.7 Å². The zero-order valence-electron chi connectivity index (χ0n) is 13.6. The molecule has 0 unspecified atom stereocenters. The predicted molar refractivity (Wildman–Crippen MR) is 96.4 cm³/mol. The van der Waals surface area contributed by atoms with Crippen LogP contribution in [0.1, 0.15) is 15.9 Å². The van der Waals surface area contributed by atoms with E-state index in [1.807, 2.05) is 42.5 Å². The van der Waals surface area contributed by atoms with Crippen molar-refractivity contribution in [3.8, 4) is 0 Å². The van der Waals surface area contributed by atoms with Crippen molar-refractivity contribution in [3.05, 3.63) is 88.0 Å². The van der Waals surface area contributed by atoms with Gasteiger partial charge in [0.2, 0.25) is 5.91 Å². The minimum absolute atomic E-state index is 0.0680. The van der Waals surface area contributed by atoms with Gasteiger partial charge in [0.05, 0.1) is 11.3 Å². The topological polar surface area (TPSA) is 101 Å². The van der Waals surface area contributed by atoms with Crippen LogP contribution >= 0.6 is 0 Å². The van der Waals surface area contributed by atoms with Gasteiger partial charge in [-0.25, -0.2) is 0 Å². The molecule has 0 saturated carbocycles. The lowest BCUT2D eigenvalue weighted by Crippen LogP contribution is -2.42. The van der Waals surface area contributed by atoms with Gasteiger partial charge >= 0.3 is 0 Å². The summed E-state index contributed by atoms with van der Waals surface area (Å²) in [5, 5.41) is 12.9. The Hall–Kier alpha value is -3.74. The summed E-state index contributed by atoms with van der Waals surface area (Å²) in [6.45, 7) is 0. The molecule has 0 atom stereocenters. The average Bonchev–Trinajstić information content (AvgIpc) is 2.66. The molecule has 0 fully saturated rings. The van der Waals surface area contributed by atoms with E-state index in [4.69, 9.17) is 0 Å². The van der Waals surface area contributed by atoms with Crippen LogP contribution in [0.25, 0.3) is 10.8 Å². The first-order chi connectivity index (χ1) is 12.6. The van der Waals surface area contributed by atoms with Gasteiger partial charge in [0.1, 0.15) is 5.56 Å². The fourth-order valence-electron chi connectivity index (χ4n) is 2.68. The van der Waals surface area contributed by atoms with Crippen molar-refractivity contribution in [2.24, 2.45) is 0 Å². The van der Waals surface area contributed by atoms with Gasteiger partial charge in [-0.2, -0.15) is 0 Å². The molecular weight excluding hydrogens is 334 g/mol. The molecule has 2 N–H and O–H groups in total. The Morgan fingerprint density at radius 1 is 0.885 bits per heavy atom. The van der Waals surface area contributed by atoms with Crippen LogP contribution in [0.15, 0.2) is 66.7 Å². The van der Waals surface area contributed by atoms with E-state index in [2.05, 4.69) is 10.9 Å². The molecule has 7 nitrogen and oxygen atoms in total. The lowest BCUT2D eigenvalue weighted by atomic mass is 10.0. The van der Waals surface area contributed by atoms with Crippen molar-refractivity contribution in [2.75, 3.05) is 0 Å². The van der Waals surface area contributed by atoms with Gasteiger partial charge in [-0.1, -0.05) is 54.6 Å². The van der Waals surface area contributed by atoms with E-state index in [0.717, 1.165) is 16.3 Å². The molecule has 0 aliphatic rings. The fourth-order valence-corrected chi connectivity index (χ4v) is 2.68. The van der Waals surface area contributed by atoms with Gasteiger partial charge in [-0.05, 0) is 22.4 Å². The number of amides is 2. The SMILES string of the molecule is O=C(Cc1cccc2ccccc12)NNC(=O)c1ccccc1[N+](=O)[O-]. The highest BCUT2D eigenvalue weighted by atomic mass is 16.6. The molecule has 130 valence electrons. The molecule has 0 aliphatic heterocycles. The quantitative estimate of drug-likeness (QED) is 0.558. The molecule has 3 aromatic rings. The minimum Gasteiger partial charge on any atom is -0.273 e. The van der Waals surface area contributed by atoms with Gasteiger partial charge < -0.3 is 0 Å². The molecule has 2 amide bonds. The van der Waals surface area contributed by atoms with E-state index in [0.29, 0.717) is 0 Å². The number of benzene rings is 3. The Morgan fingerprint density at radius 2 is 1.58 bits per heavy atom. The third-order valence-electron chi connectivity index (χ3n) is 3.89. The van der Waals surface area contributed by atoms with Gasteiger partial charge in [0, 0.05) is 6.07 Å². The normalized spacial score (nSPS) is 10.3. The second kappa shape index (κ2) is 7.43. The molecular formula is C19H15N3O4. The average molecular weight is 349 g/mol. The molecule has 7 heteroatoms. The number of carbonyl (C=O) groups excluding carboxylic acids is 2. The first-order valence-electron chi connectivity index (χ1n) is 7.85. The number of nitro groups is 1. The summed E-state index contributed by atoms with van der Waals surface area (Å²) in [6.07, 6.45) is 0.0680. The van der Waals surface area contributed by atoms with Crippen LogP contribution in [0.4, 0.5) is 5.69 Å². The van der Waals surface area contributed by atoms with Crippen molar-refractivity contribution in [2.45, 2.75) is 6.42 Å². The Morgan fingerprint density at radius 3 is 2.38 bits per heavy atom. The number of para-hydroxylation sites is 1. The largest absolute Gasteiger partial charge is 0.282 e. The monoisotopic (exact) mass is 349 g/mol. The van der Waals surface area contributed by atoms with E-state index in [9.17, 15) is 19.7 Å². The number of nitrogens with one attached hydrogen (secondary N) is 2. The first-order valence-corrected chi connectivity index (χ1v) is 7.85. The third kappa shape index (κ3) is 3.67. The molecule has 0 aromatic heterocycles. The van der Waals surface area contributed by atoms with E-state index in [-0.39, 0.29) is 17.7 Å². The Bertz CT molecular complexity index is 996. The zero-order chi connectivity index (χ0) is 18.5. The lowest BCUT2D eigenvalue weighted by molar-refractivity contribution is -0.385. The van der Waals surface area contributed by atoms with Crippen molar-refractivity contribution in [1.82, 2.24) is 10.9 Å². The fraction of sp³-hybridized carbons (Fsp3) is 0.0526. The molecule has 0 bridgehead atoms. The Kier molecular flexibility index (Phi) is 4.89. The zero-order valence-corrected chi connectivity index (χ0v) is 13.6. The van der Waals surface area contributed by atoms with Crippen LogP contribution in [-0.2, 0) is 11.2 Å². The second-order valence-electron chi connectivity index (χ2n) is 5.59. The molecule has 0 radical (unpaired) electrons. The van der Waals surface area contributed by atoms with Crippen LogP contribution < -0.4 is 10.9 Å². The van der Waals surface area contributed by atoms with Crippen LogP contribution in [0.2, 0.25) is 0 Å². The summed E-state index contributed by atoms with van der Waals surface area (Å²) in [5.74, 6) is -1.17. The highest BCUT2D eigenvalue weighted by Crippen LogP contribution is 2.19. The number of nitrogens with zero attached hydrogens (tertiary/aromatic N) is 1. The highest BCUT2D eigenvalue weighted by Gasteiger charge is 2.19. The number of fused-ring (bicyclic) bond motifs is 1. The summed E-state index contributed by atoms with van der Waals surface area (Å²) in [5.41, 5.74) is 4.89. The highest BCUT2D eigenvalue weighted by molar-refractivity contribution is 5.99.